The molecule has 0 fully saturated rings. The summed E-state index contributed by atoms with van der Waals surface area (Å²) in [7, 11) is -3.16. The highest BCUT2D eigenvalue weighted by molar-refractivity contribution is 7.51. The molecule has 5 heteroatoms. The van der Waals surface area contributed by atoms with Crippen LogP contribution in [-0.4, -0.2) is 19.3 Å². The lowest BCUT2D eigenvalue weighted by Gasteiger charge is -2.22. The van der Waals surface area contributed by atoms with Crippen molar-refractivity contribution in [3.05, 3.63) is 35.9 Å². The predicted octanol–water partition coefficient (Wildman–Crippen LogP) is 3.39. The van der Waals surface area contributed by atoms with Gasteiger partial charge in [-0.15, -0.1) is 0 Å². The fourth-order valence-electron chi connectivity index (χ4n) is 1.73. The van der Waals surface area contributed by atoms with E-state index in [9.17, 15) is 4.57 Å². The lowest BCUT2D eigenvalue weighted by Crippen LogP contribution is -2.27. The number of hydrogen-bond donors (Lipinski definition) is 1. The third kappa shape index (κ3) is 5.32. The monoisotopic (exact) mass is 271 g/mol. The van der Waals surface area contributed by atoms with Gasteiger partial charge in [-0.05, 0) is 32.8 Å². The molecule has 0 aliphatic heterocycles. The molecule has 1 aromatic carbocycles. The predicted molar refractivity (Wildman–Crippen MR) is 73.6 cm³/mol. The van der Waals surface area contributed by atoms with Crippen LogP contribution in [0.5, 0.6) is 0 Å². The molecule has 0 heterocycles. The summed E-state index contributed by atoms with van der Waals surface area (Å²) in [6.07, 6.45) is 0.783. The average Bonchev–Trinajstić information content (AvgIpc) is 2.30. The largest absolute Gasteiger partial charge is 0.405 e. The van der Waals surface area contributed by atoms with Crippen LogP contribution in [0.15, 0.2) is 30.3 Å². The Labute approximate surface area is 109 Å². The van der Waals surface area contributed by atoms with Crippen LogP contribution in [0.3, 0.4) is 0 Å². The second kappa shape index (κ2) is 7.70. The van der Waals surface area contributed by atoms with E-state index >= 15 is 0 Å². The molecule has 1 N–H and O–H groups in total. The van der Waals surface area contributed by atoms with Gasteiger partial charge in [0.05, 0.1) is 13.2 Å². The van der Waals surface area contributed by atoms with Gasteiger partial charge in [0.25, 0.3) is 0 Å². The first kappa shape index (κ1) is 15.4. The first-order valence-corrected chi connectivity index (χ1v) is 7.84. The first-order chi connectivity index (χ1) is 8.59. The summed E-state index contributed by atoms with van der Waals surface area (Å²) in [5.41, 5.74) is 1.19. The van der Waals surface area contributed by atoms with Crippen molar-refractivity contribution in [3.63, 3.8) is 0 Å². The van der Waals surface area contributed by atoms with Crippen LogP contribution in [0.2, 0.25) is 0 Å². The quantitative estimate of drug-likeness (QED) is 0.736. The second-order valence-electron chi connectivity index (χ2n) is 4.05. The van der Waals surface area contributed by atoms with E-state index < -0.39 is 7.75 Å². The second-order valence-corrected chi connectivity index (χ2v) is 5.82. The Morgan fingerprint density at radius 1 is 1.17 bits per heavy atom. The average molecular weight is 271 g/mol. The summed E-state index contributed by atoms with van der Waals surface area (Å²) in [5, 5.41) is 2.95. The van der Waals surface area contributed by atoms with Gasteiger partial charge in [0.2, 0.25) is 0 Å². The molecule has 1 atom stereocenters. The third-order valence-corrected chi connectivity index (χ3v) is 4.31. The highest BCUT2D eigenvalue weighted by Gasteiger charge is 2.25. The molecule has 0 bridgehead atoms. The van der Waals surface area contributed by atoms with E-state index in [-0.39, 0.29) is 6.04 Å². The van der Waals surface area contributed by atoms with E-state index in [1.54, 1.807) is 13.8 Å². The normalized spacial score (nSPS) is 13.5. The molecule has 102 valence electrons. The minimum absolute atomic E-state index is 0.0244. The van der Waals surface area contributed by atoms with Gasteiger partial charge in [-0.3, -0.25) is 9.05 Å². The zero-order chi connectivity index (χ0) is 13.4. The maximum Gasteiger partial charge on any atom is 0.405 e. The zero-order valence-electron chi connectivity index (χ0n) is 11.3. The SMILES string of the molecule is CCOP(=O)(N[C@@H](C)Cc1ccccc1)OCC. The molecule has 0 spiro atoms. The van der Waals surface area contributed by atoms with Crippen molar-refractivity contribution >= 4 is 7.75 Å². The highest BCUT2D eigenvalue weighted by Crippen LogP contribution is 2.44. The van der Waals surface area contributed by atoms with Crippen LogP contribution in [0, 0.1) is 0 Å². The number of nitrogens with one attached hydrogen (secondary N) is 1. The van der Waals surface area contributed by atoms with Crippen LogP contribution in [-0.2, 0) is 20.0 Å². The van der Waals surface area contributed by atoms with Crippen molar-refractivity contribution in [2.75, 3.05) is 13.2 Å². The number of hydrogen-bond acceptors (Lipinski definition) is 3. The van der Waals surface area contributed by atoms with E-state index in [1.807, 2.05) is 37.3 Å². The standard InChI is InChI=1S/C13H22NO3P/c1-4-16-18(15,17-5-2)14-12(3)11-13-9-7-6-8-10-13/h6-10,12H,4-5,11H2,1-3H3,(H,14,15)/t12-/m0/s1. The molecule has 0 aromatic heterocycles. The summed E-state index contributed by atoms with van der Waals surface area (Å²) in [4.78, 5) is 0. The van der Waals surface area contributed by atoms with E-state index in [2.05, 4.69) is 5.09 Å². The van der Waals surface area contributed by atoms with Gasteiger partial charge >= 0.3 is 7.75 Å². The molecule has 0 unspecified atom stereocenters. The van der Waals surface area contributed by atoms with Crippen molar-refractivity contribution in [2.24, 2.45) is 0 Å². The molecule has 1 rings (SSSR count). The molecular formula is C13H22NO3P. The van der Waals surface area contributed by atoms with Gasteiger partial charge in [-0.25, -0.2) is 9.65 Å². The maximum absolute atomic E-state index is 12.3. The Morgan fingerprint density at radius 3 is 2.22 bits per heavy atom. The van der Waals surface area contributed by atoms with Crippen molar-refractivity contribution < 1.29 is 13.6 Å². The van der Waals surface area contributed by atoms with E-state index in [4.69, 9.17) is 9.05 Å². The summed E-state index contributed by atoms with van der Waals surface area (Å²) < 4.78 is 22.7. The molecule has 0 saturated carbocycles. The van der Waals surface area contributed by atoms with Crippen LogP contribution in [0.4, 0.5) is 0 Å². The minimum Gasteiger partial charge on any atom is -0.297 e. The lowest BCUT2D eigenvalue weighted by atomic mass is 10.1. The van der Waals surface area contributed by atoms with Crippen LogP contribution in [0.1, 0.15) is 26.3 Å². The van der Waals surface area contributed by atoms with Crippen molar-refractivity contribution in [3.8, 4) is 0 Å². The van der Waals surface area contributed by atoms with Gasteiger partial charge in [0.1, 0.15) is 0 Å². The van der Waals surface area contributed by atoms with Gasteiger partial charge in [0.15, 0.2) is 0 Å². The Kier molecular flexibility index (Phi) is 6.58. The number of rotatable bonds is 8. The molecule has 0 amide bonds. The Morgan fingerprint density at radius 2 is 1.72 bits per heavy atom. The van der Waals surface area contributed by atoms with E-state index in [1.165, 1.54) is 5.56 Å². The lowest BCUT2D eigenvalue weighted by molar-refractivity contribution is 0.207. The van der Waals surface area contributed by atoms with Crippen molar-refractivity contribution in [1.82, 2.24) is 5.09 Å². The van der Waals surface area contributed by atoms with E-state index in [0.717, 1.165) is 6.42 Å². The van der Waals surface area contributed by atoms with E-state index in [0.29, 0.717) is 13.2 Å². The zero-order valence-corrected chi connectivity index (χ0v) is 12.2. The summed E-state index contributed by atoms with van der Waals surface area (Å²) in [5.74, 6) is 0. The Balaban J connectivity index is 2.56. The molecule has 4 nitrogen and oxygen atoms in total. The summed E-state index contributed by atoms with van der Waals surface area (Å²) in [6.45, 7) is 6.30. The highest BCUT2D eigenvalue weighted by atomic mass is 31.2. The van der Waals surface area contributed by atoms with Gasteiger partial charge in [0, 0.05) is 6.04 Å². The van der Waals surface area contributed by atoms with Crippen LogP contribution in [0.25, 0.3) is 0 Å². The van der Waals surface area contributed by atoms with Gasteiger partial charge in [-0.1, -0.05) is 30.3 Å². The summed E-state index contributed by atoms with van der Waals surface area (Å²) in [6, 6.07) is 10.1. The fraction of sp³-hybridized carbons (Fsp3) is 0.538. The van der Waals surface area contributed by atoms with Gasteiger partial charge < -0.3 is 0 Å². The topological polar surface area (TPSA) is 47.6 Å². The van der Waals surface area contributed by atoms with Gasteiger partial charge in [-0.2, -0.15) is 0 Å². The molecular weight excluding hydrogens is 249 g/mol. The Bertz CT molecular complexity index is 373. The molecule has 0 radical (unpaired) electrons. The van der Waals surface area contributed by atoms with Crippen LogP contribution >= 0.6 is 7.75 Å². The summed E-state index contributed by atoms with van der Waals surface area (Å²) >= 11 is 0. The minimum atomic E-state index is -3.16. The maximum atomic E-state index is 12.3. The van der Waals surface area contributed by atoms with Crippen molar-refractivity contribution in [2.45, 2.75) is 33.2 Å². The van der Waals surface area contributed by atoms with Crippen molar-refractivity contribution in [1.29, 1.82) is 0 Å². The number of benzene rings is 1. The molecule has 1 aromatic rings. The smallest absolute Gasteiger partial charge is 0.297 e. The van der Waals surface area contributed by atoms with Crippen LogP contribution < -0.4 is 5.09 Å². The molecule has 0 aliphatic rings. The molecule has 0 saturated heterocycles. The molecule has 0 aliphatic carbocycles. The first-order valence-electron chi connectivity index (χ1n) is 6.30. The molecule has 18 heavy (non-hydrogen) atoms. The fourth-order valence-corrected chi connectivity index (χ4v) is 3.27. The Hall–Kier alpha value is -0.670. The third-order valence-electron chi connectivity index (χ3n) is 2.36.